The fraction of sp³-hybridized carbons (Fsp3) is 0.333. The third-order valence-electron chi connectivity index (χ3n) is 3.69. The second-order valence-corrected chi connectivity index (χ2v) is 9.12. The number of ether oxygens (including phenoxy) is 1. The zero-order chi connectivity index (χ0) is 20.3. The Morgan fingerprint density at radius 3 is 2.75 bits per heavy atom. The fourth-order valence-corrected chi connectivity index (χ4v) is 4.80. The summed E-state index contributed by atoms with van der Waals surface area (Å²) in [6.45, 7) is 6.07. The maximum atomic E-state index is 12.7. The molecule has 2 heterocycles. The van der Waals surface area contributed by atoms with Crippen LogP contribution in [0.15, 0.2) is 34.7 Å². The van der Waals surface area contributed by atoms with Crippen molar-refractivity contribution in [3.8, 4) is 5.75 Å². The molecule has 10 heteroatoms. The van der Waals surface area contributed by atoms with E-state index in [1.807, 2.05) is 0 Å². The van der Waals surface area contributed by atoms with Gasteiger partial charge in [-0.15, -0.1) is 11.8 Å². The van der Waals surface area contributed by atoms with Gasteiger partial charge in [-0.25, -0.2) is 19.5 Å². The summed E-state index contributed by atoms with van der Waals surface area (Å²) in [5.41, 5.74) is 0.318. The number of amides is 4. The summed E-state index contributed by atoms with van der Waals surface area (Å²) in [4.78, 5) is 43.4. The van der Waals surface area contributed by atoms with Crippen LogP contribution in [0, 0.1) is 0 Å². The Morgan fingerprint density at radius 2 is 2.04 bits per heavy atom. The van der Waals surface area contributed by atoms with Crippen LogP contribution in [0.2, 0.25) is 0 Å². The predicted octanol–water partition coefficient (Wildman–Crippen LogP) is 4.04. The van der Waals surface area contributed by atoms with Crippen molar-refractivity contribution >= 4 is 51.9 Å². The number of nitrogens with one attached hydrogen (secondary N) is 1. The van der Waals surface area contributed by atoms with Crippen LogP contribution in [-0.2, 0) is 4.79 Å². The van der Waals surface area contributed by atoms with Gasteiger partial charge in [0, 0.05) is 18.7 Å². The van der Waals surface area contributed by atoms with Crippen molar-refractivity contribution in [2.24, 2.45) is 0 Å². The minimum atomic E-state index is -0.583. The molecule has 1 aromatic heterocycles. The highest BCUT2D eigenvalue weighted by Crippen LogP contribution is 2.34. The highest BCUT2D eigenvalue weighted by atomic mass is 32.2. The number of urea groups is 2. The summed E-state index contributed by atoms with van der Waals surface area (Å²) in [5.74, 6) is -0.272. The van der Waals surface area contributed by atoms with Gasteiger partial charge < -0.3 is 10.1 Å². The molecule has 0 atom stereocenters. The summed E-state index contributed by atoms with van der Waals surface area (Å²) < 4.78 is 6.11. The predicted molar refractivity (Wildman–Crippen MR) is 109 cm³/mol. The van der Waals surface area contributed by atoms with E-state index in [0.29, 0.717) is 22.6 Å². The lowest BCUT2D eigenvalue weighted by atomic mass is 10.3. The van der Waals surface area contributed by atoms with E-state index in [1.165, 1.54) is 23.2 Å². The van der Waals surface area contributed by atoms with Crippen molar-refractivity contribution in [2.75, 3.05) is 23.3 Å². The Hall–Kier alpha value is -2.59. The van der Waals surface area contributed by atoms with Gasteiger partial charge in [-0.2, -0.15) is 0 Å². The average Bonchev–Trinajstić information content (AvgIpc) is 3.22. The van der Waals surface area contributed by atoms with Gasteiger partial charge in [0.15, 0.2) is 10.9 Å². The minimum Gasteiger partial charge on any atom is -0.424 e. The van der Waals surface area contributed by atoms with Gasteiger partial charge in [0.25, 0.3) is 0 Å². The van der Waals surface area contributed by atoms with Crippen LogP contribution < -0.4 is 15.0 Å². The lowest BCUT2D eigenvalue weighted by molar-refractivity contribution is -0.131. The number of esters is 1. The Kier molecular flexibility index (Phi) is 6.20. The molecule has 0 bridgehead atoms. The number of hydrogen-bond acceptors (Lipinski definition) is 7. The molecule has 0 saturated carbocycles. The van der Waals surface area contributed by atoms with Crippen molar-refractivity contribution < 1.29 is 19.1 Å². The molecular formula is C18H20N4O4S2. The van der Waals surface area contributed by atoms with Crippen LogP contribution in [0.3, 0.4) is 0 Å². The van der Waals surface area contributed by atoms with Crippen molar-refractivity contribution in [1.82, 2.24) is 9.88 Å². The van der Waals surface area contributed by atoms with E-state index in [-0.39, 0.29) is 12.3 Å². The largest absolute Gasteiger partial charge is 0.424 e. The maximum Gasteiger partial charge on any atom is 0.334 e. The van der Waals surface area contributed by atoms with Crippen LogP contribution in [0.4, 0.5) is 20.4 Å². The molecule has 1 aliphatic heterocycles. The zero-order valence-electron chi connectivity index (χ0n) is 15.7. The van der Waals surface area contributed by atoms with Gasteiger partial charge in [0.05, 0.1) is 22.6 Å². The molecule has 0 unspecified atom stereocenters. The van der Waals surface area contributed by atoms with Crippen molar-refractivity contribution in [1.29, 1.82) is 0 Å². The standard InChI is InChI=1S/C18H20N4O4S2/c1-11(2)27-15-10-19-17(28-15)22-9-8-21(18(22)25)16(24)20-13-6-4-5-7-14(13)26-12(3)23/h4-7,10-11H,8-9H2,1-3H3,(H,20,24). The van der Waals surface area contributed by atoms with E-state index in [2.05, 4.69) is 24.1 Å². The Bertz CT molecular complexity index is 899. The van der Waals surface area contributed by atoms with Crippen LogP contribution in [0.5, 0.6) is 5.75 Å². The molecule has 1 N–H and O–H groups in total. The zero-order valence-corrected chi connectivity index (χ0v) is 17.3. The second kappa shape index (κ2) is 8.61. The van der Waals surface area contributed by atoms with Crippen LogP contribution in [-0.4, -0.2) is 46.3 Å². The number of thiazole rings is 1. The normalized spacial score (nSPS) is 13.9. The van der Waals surface area contributed by atoms with E-state index >= 15 is 0 Å². The molecule has 2 aromatic rings. The number of imide groups is 1. The summed E-state index contributed by atoms with van der Waals surface area (Å²) >= 11 is 3.11. The van der Waals surface area contributed by atoms with E-state index in [1.54, 1.807) is 42.2 Å². The van der Waals surface area contributed by atoms with Crippen molar-refractivity contribution in [3.05, 3.63) is 30.5 Å². The summed E-state index contributed by atoms with van der Waals surface area (Å²) in [7, 11) is 0. The Balaban J connectivity index is 1.69. The number of aromatic nitrogens is 1. The molecule has 4 amide bonds. The third-order valence-corrected chi connectivity index (χ3v) is 5.85. The molecule has 8 nitrogen and oxygen atoms in total. The van der Waals surface area contributed by atoms with Gasteiger partial charge in [-0.1, -0.05) is 37.3 Å². The first kappa shape index (κ1) is 20.2. The Labute approximate surface area is 170 Å². The van der Waals surface area contributed by atoms with Gasteiger partial charge in [-0.05, 0) is 12.1 Å². The summed E-state index contributed by atoms with van der Waals surface area (Å²) in [6, 6.07) is 5.54. The fourth-order valence-electron chi connectivity index (χ4n) is 2.56. The van der Waals surface area contributed by atoms with E-state index in [0.717, 1.165) is 9.11 Å². The first-order valence-electron chi connectivity index (χ1n) is 8.65. The molecule has 148 valence electrons. The monoisotopic (exact) mass is 420 g/mol. The molecule has 1 aromatic carbocycles. The number of para-hydroxylation sites is 2. The molecule has 1 aliphatic rings. The van der Waals surface area contributed by atoms with Crippen LogP contribution >= 0.6 is 23.1 Å². The number of hydrogen-bond donors (Lipinski definition) is 1. The van der Waals surface area contributed by atoms with Crippen molar-refractivity contribution in [3.63, 3.8) is 0 Å². The van der Waals surface area contributed by atoms with Crippen LogP contribution in [0.1, 0.15) is 20.8 Å². The molecule has 0 radical (unpaired) electrons. The molecule has 28 heavy (non-hydrogen) atoms. The molecule has 1 saturated heterocycles. The van der Waals surface area contributed by atoms with Gasteiger partial charge in [0.2, 0.25) is 0 Å². The van der Waals surface area contributed by atoms with E-state index in [4.69, 9.17) is 4.74 Å². The number of nitrogens with zero attached hydrogens (tertiary/aromatic N) is 3. The van der Waals surface area contributed by atoms with Gasteiger partial charge in [0.1, 0.15) is 0 Å². The minimum absolute atomic E-state index is 0.224. The number of rotatable bonds is 5. The quantitative estimate of drug-likeness (QED) is 0.446. The summed E-state index contributed by atoms with van der Waals surface area (Å²) in [6.07, 6.45) is 1.75. The SMILES string of the molecule is CC(=O)Oc1ccccc1NC(=O)N1CCN(c2ncc(SC(C)C)s2)C1=O. The van der Waals surface area contributed by atoms with Gasteiger partial charge >= 0.3 is 18.0 Å². The molecule has 0 spiro atoms. The van der Waals surface area contributed by atoms with E-state index in [9.17, 15) is 14.4 Å². The highest BCUT2D eigenvalue weighted by Gasteiger charge is 2.36. The number of thioether (sulfide) groups is 1. The second-order valence-electron chi connectivity index (χ2n) is 6.23. The van der Waals surface area contributed by atoms with Crippen molar-refractivity contribution in [2.45, 2.75) is 30.2 Å². The average molecular weight is 421 g/mol. The lowest BCUT2D eigenvalue weighted by Gasteiger charge is -2.17. The Morgan fingerprint density at radius 1 is 1.29 bits per heavy atom. The van der Waals surface area contributed by atoms with E-state index < -0.39 is 18.0 Å². The lowest BCUT2D eigenvalue weighted by Crippen LogP contribution is -2.39. The number of benzene rings is 1. The third kappa shape index (κ3) is 4.63. The smallest absolute Gasteiger partial charge is 0.334 e. The summed E-state index contributed by atoms with van der Waals surface area (Å²) in [5, 5.41) is 3.62. The van der Waals surface area contributed by atoms with Gasteiger partial charge in [-0.3, -0.25) is 9.69 Å². The molecular weight excluding hydrogens is 400 g/mol. The highest BCUT2D eigenvalue weighted by molar-refractivity contribution is 8.01. The molecule has 0 aliphatic carbocycles. The molecule has 1 fully saturated rings. The number of carbonyl (C=O) groups excluding carboxylic acids is 3. The number of carbonyl (C=O) groups is 3. The number of anilines is 2. The maximum absolute atomic E-state index is 12.7. The first-order valence-corrected chi connectivity index (χ1v) is 10.3. The topological polar surface area (TPSA) is 91.8 Å². The first-order chi connectivity index (χ1) is 13.3. The van der Waals surface area contributed by atoms with Crippen LogP contribution in [0.25, 0.3) is 0 Å². The molecule has 3 rings (SSSR count).